The SMILES string of the molecule is CC(NC(=O)CN1Cc2ccc(-c3nc(NC4CCOCC4)ncc3Cl)cc2C1=O)c1cccc(CN(C)C)c1. The smallest absolute Gasteiger partial charge is 0.254 e. The van der Waals surface area contributed by atoms with Crippen LogP contribution in [0.15, 0.2) is 48.7 Å². The third-order valence-electron chi connectivity index (χ3n) is 7.22. The van der Waals surface area contributed by atoms with E-state index in [4.69, 9.17) is 16.3 Å². The second-order valence-electron chi connectivity index (χ2n) is 10.7. The lowest BCUT2D eigenvalue weighted by Crippen LogP contribution is -2.38. The van der Waals surface area contributed by atoms with E-state index in [1.807, 2.05) is 45.3 Å². The minimum Gasteiger partial charge on any atom is -0.381 e. The van der Waals surface area contributed by atoms with Gasteiger partial charge in [0.25, 0.3) is 5.91 Å². The van der Waals surface area contributed by atoms with Crippen LogP contribution in [0.2, 0.25) is 5.02 Å². The zero-order chi connectivity index (χ0) is 28.2. The fourth-order valence-electron chi connectivity index (χ4n) is 5.17. The van der Waals surface area contributed by atoms with Crippen LogP contribution in [0.3, 0.4) is 0 Å². The van der Waals surface area contributed by atoms with Gasteiger partial charge in [0.05, 0.1) is 23.0 Å². The number of hydrogen-bond donors (Lipinski definition) is 2. The highest BCUT2D eigenvalue weighted by Crippen LogP contribution is 2.31. The van der Waals surface area contributed by atoms with Crippen LogP contribution >= 0.6 is 11.6 Å². The van der Waals surface area contributed by atoms with Crippen LogP contribution in [0.4, 0.5) is 5.95 Å². The summed E-state index contributed by atoms with van der Waals surface area (Å²) in [6.45, 7) is 4.56. The summed E-state index contributed by atoms with van der Waals surface area (Å²) >= 11 is 6.47. The molecule has 5 rings (SSSR count). The summed E-state index contributed by atoms with van der Waals surface area (Å²) in [7, 11) is 4.05. The zero-order valence-corrected chi connectivity index (χ0v) is 23.9. The van der Waals surface area contributed by atoms with Crippen LogP contribution in [-0.4, -0.2) is 71.5 Å². The van der Waals surface area contributed by atoms with Gasteiger partial charge in [-0.05, 0) is 56.6 Å². The van der Waals surface area contributed by atoms with Crippen LogP contribution in [-0.2, 0) is 22.6 Å². The van der Waals surface area contributed by atoms with Crippen molar-refractivity contribution in [3.8, 4) is 11.3 Å². The summed E-state index contributed by atoms with van der Waals surface area (Å²) in [5.74, 6) is 0.116. The Bertz CT molecular complexity index is 1390. The predicted molar refractivity (Wildman–Crippen MR) is 155 cm³/mol. The Labute approximate surface area is 239 Å². The quantitative estimate of drug-likeness (QED) is 0.401. The standard InChI is InChI=1S/C30H35ClN6O3/c1-19(21-6-4-5-20(13-21)16-36(2)3)33-27(38)18-37-17-23-8-7-22(14-25(23)29(37)39)28-26(31)15-32-30(35-28)34-24-9-11-40-12-10-24/h4-8,13-15,19,24H,9-12,16-18H2,1-3H3,(H,33,38)(H,32,34,35). The van der Waals surface area contributed by atoms with Crippen molar-refractivity contribution < 1.29 is 14.3 Å². The summed E-state index contributed by atoms with van der Waals surface area (Å²) in [5, 5.41) is 6.81. The fourth-order valence-corrected chi connectivity index (χ4v) is 5.37. The van der Waals surface area contributed by atoms with Crippen molar-refractivity contribution in [2.45, 2.75) is 44.9 Å². The molecule has 2 aliphatic heterocycles. The van der Waals surface area contributed by atoms with Crippen molar-refractivity contribution in [1.82, 2.24) is 25.1 Å². The molecular weight excluding hydrogens is 528 g/mol. The van der Waals surface area contributed by atoms with Crippen molar-refractivity contribution in [3.05, 3.63) is 75.9 Å². The number of ether oxygens (including phenoxy) is 1. The molecule has 2 amide bonds. The highest BCUT2D eigenvalue weighted by molar-refractivity contribution is 6.33. The summed E-state index contributed by atoms with van der Waals surface area (Å²) in [4.78, 5) is 38.9. The largest absolute Gasteiger partial charge is 0.381 e. The average molecular weight is 563 g/mol. The number of carbonyl (C=O) groups is 2. The van der Waals surface area contributed by atoms with Gasteiger partial charge in [-0.2, -0.15) is 0 Å². The number of hydrogen-bond acceptors (Lipinski definition) is 7. The Kier molecular flexibility index (Phi) is 8.63. The second-order valence-corrected chi connectivity index (χ2v) is 11.1. The third-order valence-corrected chi connectivity index (χ3v) is 7.50. The third kappa shape index (κ3) is 6.60. The molecule has 10 heteroatoms. The molecule has 2 aliphatic rings. The van der Waals surface area contributed by atoms with Crippen molar-refractivity contribution in [1.29, 1.82) is 0 Å². The summed E-state index contributed by atoms with van der Waals surface area (Å²) in [6.07, 6.45) is 3.36. The van der Waals surface area contributed by atoms with Gasteiger partial charge in [-0.25, -0.2) is 9.97 Å². The van der Waals surface area contributed by atoms with Crippen molar-refractivity contribution in [2.75, 3.05) is 39.2 Å². The highest BCUT2D eigenvalue weighted by atomic mass is 35.5. The second kappa shape index (κ2) is 12.3. The Morgan fingerprint density at radius 2 is 2.00 bits per heavy atom. The van der Waals surface area contributed by atoms with Gasteiger partial charge in [0, 0.05) is 43.5 Å². The van der Waals surface area contributed by atoms with Gasteiger partial charge >= 0.3 is 0 Å². The summed E-state index contributed by atoms with van der Waals surface area (Å²) in [6, 6.07) is 13.9. The van der Waals surface area contributed by atoms with Gasteiger partial charge < -0.3 is 25.2 Å². The van der Waals surface area contributed by atoms with Gasteiger partial charge in [-0.15, -0.1) is 0 Å². The summed E-state index contributed by atoms with van der Waals surface area (Å²) in [5.41, 5.74) is 4.93. The first-order chi connectivity index (χ1) is 19.3. The maximum absolute atomic E-state index is 13.3. The molecule has 1 aromatic heterocycles. The fraction of sp³-hybridized carbons (Fsp3) is 0.400. The van der Waals surface area contributed by atoms with E-state index in [0.717, 1.165) is 36.1 Å². The maximum Gasteiger partial charge on any atom is 0.254 e. The number of fused-ring (bicyclic) bond motifs is 1. The maximum atomic E-state index is 13.3. The van der Waals surface area contributed by atoms with E-state index in [1.165, 1.54) is 5.56 Å². The molecule has 1 unspecified atom stereocenters. The highest BCUT2D eigenvalue weighted by Gasteiger charge is 2.30. The van der Waals surface area contributed by atoms with Crippen molar-refractivity contribution >= 4 is 29.4 Å². The molecule has 0 aliphatic carbocycles. The molecular formula is C30H35ClN6O3. The molecule has 1 fully saturated rings. The molecule has 1 atom stereocenters. The molecule has 0 saturated carbocycles. The molecule has 2 N–H and O–H groups in total. The number of halogens is 1. The van der Waals surface area contributed by atoms with Crippen molar-refractivity contribution in [2.24, 2.45) is 0 Å². The molecule has 210 valence electrons. The Morgan fingerprint density at radius 3 is 2.77 bits per heavy atom. The number of amides is 2. The lowest BCUT2D eigenvalue weighted by atomic mass is 10.0. The molecule has 0 radical (unpaired) electrons. The van der Waals surface area contributed by atoms with Gasteiger partial charge in [0.15, 0.2) is 0 Å². The molecule has 2 aromatic carbocycles. The monoisotopic (exact) mass is 562 g/mol. The summed E-state index contributed by atoms with van der Waals surface area (Å²) < 4.78 is 5.43. The van der Waals surface area contributed by atoms with Gasteiger partial charge in [0.1, 0.15) is 6.54 Å². The van der Waals surface area contributed by atoms with E-state index in [-0.39, 0.29) is 30.4 Å². The topological polar surface area (TPSA) is 99.7 Å². The molecule has 3 heterocycles. The molecule has 40 heavy (non-hydrogen) atoms. The first-order valence-corrected chi connectivity index (χ1v) is 14.0. The number of nitrogens with one attached hydrogen (secondary N) is 2. The molecule has 3 aromatic rings. The number of benzene rings is 2. The number of nitrogens with zero attached hydrogens (tertiary/aromatic N) is 4. The predicted octanol–water partition coefficient (Wildman–Crippen LogP) is 4.28. The Hall–Kier alpha value is -3.53. The number of aromatic nitrogens is 2. The first kappa shape index (κ1) is 28.0. The number of anilines is 1. The van der Waals surface area contributed by atoms with Gasteiger partial charge in [0.2, 0.25) is 11.9 Å². The van der Waals surface area contributed by atoms with Crippen LogP contribution < -0.4 is 10.6 Å². The minimum atomic E-state index is -0.199. The lowest BCUT2D eigenvalue weighted by molar-refractivity contribution is -0.122. The first-order valence-electron chi connectivity index (χ1n) is 13.6. The van der Waals surface area contributed by atoms with Crippen LogP contribution in [0.1, 0.15) is 52.9 Å². The molecule has 1 saturated heterocycles. The van der Waals surface area contributed by atoms with Gasteiger partial charge in [-0.3, -0.25) is 9.59 Å². The minimum absolute atomic E-state index is 0.0159. The average Bonchev–Trinajstić information content (AvgIpc) is 3.24. The number of rotatable bonds is 9. The molecule has 9 nitrogen and oxygen atoms in total. The van der Waals surface area contributed by atoms with E-state index >= 15 is 0 Å². The lowest BCUT2D eigenvalue weighted by Gasteiger charge is -2.23. The van der Waals surface area contributed by atoms with E-state index in [0.29, 0.717) is 42.0 Å². The Morgan fingerprint density at radius 1 is 1.20 bits per heavy atom. The van der Waals surface area contributed by atoms with E-state index < -0.39 is 0 Å². The molecule has 0 bridgehead atoms. The molecule has 0 spiro atoms. The normalized spacial score (nSPS) is 16.2. The van der Waals surface area contributed by atoms with Crippen LogP contribution in [0.5, 0.6) is 0 Å². The van der Waals surface area contributed by atoms with E-state index in [2.05, 4.69) is 37.6 Å². The van der Waals surface area contributed by atoms with E-state index in [1.54, 1.807) is 17.2 Å². The van der Waals surface area contributed by atoms with Gasteiger partial charge in [-0.1, -0.05) is 48.0 Å². The van der Waals surface area contributed by atoms with Crippen LogP contribution in [0, 0.1) is 0 Å². The Balaban J connectivity index is 1.24. The number of carbonyl (C=O) groups excluding carboxylic acids is 2. The zero-order valence-electron chi connectivity index (χ0n) is 23.1. The van der Waals surface area contributed by atoms with Crippen molar-refractivity contribution in [3.63, 3.8) is 0 Å². The van der Waals surface area contributed by atoms with Crippen LogP contribution in [0.25, 0.3) is 11.3 Å². The van der Waals surface area contributed by atoms with E-state index in [9.17, 15) is 9.59 Å².